The van der Waals surface area contributed by atoms with Crippen molar-refractivity contribution in [3.63, 3.8) is 0 Å². The van der Waals surface area contributed by atoms with Crippen molar-refractivity contribution < 1.29 is 23.1 Å². The molecule has 136 valence electrons. The van der Waals surface area contributed by atoms with Crippen molar-refractivity contribution in [3.05, 3.63) is 29.8 Å². The van der Waals surface area contributed by atoms with E-state index in [1.165, 1.54) is 24.3 Å². The van der Waals surface area contributed by atoms with Gasteiger partial charge in [0.2, 0.25) is 10.0 Å². The van der Waals surface area contributed by atoms with Crippen LogP contribution in [0.3, 0.4) is 0 Å². The van der Waals surface area contributed by atoms with Crippen LogP contribution in [-0.2, 0) is 14.8 Å². The Bertz CT molecular complexity index is 780. The highest BCUT2D eigenvalue weighted by Crippen LogP contribution is 2.33. The third-order valence-electron chi connectivity index (χ3n) is 4.73. The summed E-state index contributed by atoms with van der Waals surface area (Å²) in [5.74, 6) is -1.39. The molecule has 0 bridgehead atoms. The summed E-state index contributed by atoms with van der Waals surface area (Å²) >= 11 is 0. The highest BCUT2D eigenvalue weighted by Gasteiger charge is 2.37. The van der Waals surface area contributed by atoms with Crippen LogP contribution < -0.4 is 10.0 Å². The molecular formula is C17H22N2O5S. The van der Waals surface area contributed by atoms with E-state index in [9.17, 15) is 18.0 Å². The zero-order chi connectivity index (χ0) is 18.1. The monoisotopic (exact) mass is 366 g/mol. The van der Waals surface area contributed by atoms with Gasteiger partial charge in [-0.25, -0.2) is 13.1 Å². The Morgan fingerprint density at radius 3 is 2.48 bits per heavy atom. The number of amides is 1. The van der Waals surface area contributed by atoms with Crippen LogP contribution in [0.25, 0.3) is 0 Å². The molecule has 0 saturated heterocycles. The Labute approximate surface area is 146 Å². The van der Waals surface area contributed by atoms with Gasteiger partial charge in [0.15, 0.2) is 0 Å². The number of carbonyl (C=O) groups excluding carboxylic acids is 1. The van der Waals surface area contributed by atoms with E-state index in [-0.39, 0.29) is 22.9 Å². The second-order valence-corrected chi connectivity index (χ2v) is 8.65. The predicted octanol–water partition coefficient (Wildman–Crippen LogP) is 1.64. The largest absolute Gasteiger partial charge is 0.481 e. The number of carboxylic acids is 1. The van der Waals surface area contributed by atoms with E-state index in [1.54, 1.807) is 0 Å². The maximum atomic E-state index is 12.6. The number of sulfonamides is 1. The number of hydrogen-bond acceptors (Lipinski definition) is 4. The Morgan fingerprint density at radius 1 is 1.20 bits per heavy atom. The summed E-state index contributed by atoms with van der Waals surface area (Å²) in [5, 5.41) is 12.0. The summed E-state index contributed by atoms with van der Waals surface area (Å²) in [6.07, 6.45) is 4.51. The first kappa shape index (κ1) is 17.9. The van der Waals surface area contributed by atoms with Gasteiger partial charge in [-0.15, -0.1) is 0 Å². The fraction of sp³-hybridized carbons (Fsp3) is 0.529. The van der Waals surface area contributed by atoms with Gasteiger partial charge in [0, 0.05) is 11.6 Å². The summed E-state index contributed by atoms with van der Waals surface area (Å²) in [7, 11) is -3.64. The maximum absolute atomic E-state index is 12.6. The molecule has 0 aliphatic heterocycles. The van der Waals surface area contributed by atoms with E-state index in [4.69, 9.17) is 5.11 Å². The van der Waals surface area contributed by atoms with Crippen LogP contribution in [0.5, 0.6) is 0 Å². The van der Waals surface area contributed by atoms with Crippen LogP contribution >= 0.6 is 0 Å². The van der Waals surface area contributed by atoms with Crippen LogP contribution in [-0.4, -0.2) is 37.0 Å². The minimum Gasteiger partial charge on any atom is -0.481 e. The molecular weight excluding hydrogens is 344 g/mol. The molecule has 1 aromatic carbocycles. The summed E-state index contributed by atoms with van der Waals surface area (Å²) in [4.78, 5) is 23.8. The Morgan fingerprint density at radius 2 is 1.88 bits per heavy atom. The van der Waals surface area contributed by atoms with E-state index in [0.717, 1.165) is 25.7 Å². The molecule has 2 fully saturated rings. The number of nitrogens with one attached hydrogen (secondary N) is 2. The van der Waals surface area contributed by atoms with E-state index < -0.39 is 27.4 Å². The number of carboxylic acid groups (broad SMARTS) is 1. The minimum absolute atomic E-state index is 0.0141. The van der Waals surface area contributed by atoms with Gasteiger partial charge >= 0.3 is 5.97 Å². The van der Waals surface area contributed by atoms with Crippen molar-refractivity contribution in [2.75, 3.05) is 0 Å². The molecule has 7 nitrogen and oxygen atoms in total. The fourth-order valence-electron chi connectivity index (χ4n) is 3.29. The molecule has 1 aromatic rings. The van der Waals surface area contributed by atoms with E-state index in [2.05, 4.69) is 10.0 Å². The van der Waals surface area contributed by atoms with Gasteiger partial charge in [-0.3, -0.25) is 9.59 Å². The van der Waals surface area contributed by atoms with Crippen molar-refractivity contribution in [2.24, 2.45) is 0 Å². The molecule has 0 heterocycles. The standard InChI is InChI=1S/C17H22N2O5S/c20-15(21)11-17(8-1-2-9-17)18-16(22)12-4-3-5-14(10-12)25(23,24)19-13-6-7-13/h3-5,10,13,19H,1-2,6-9,11H2,(H,18,22)(H,20,21). The Hall–Kier alpha value is -1.93. The van der Waals surface area contributed by atoms with Crippen LogP contribution in [0.15, 0.2) is 29.2 Å². The molecule has 0 unspecified atom stereocenters. The van der Waals surface area contributed by atoms with E-state index >= 15 is 0 Å². The highest BCUT2D eigenvalue weighted by atomic mass is 32.2. The van der Waals surface area contributed by atoms with Gasteiger partial charge in [-0.2, -0.15) is 0 Å². The summed E-state index contributed by atoms with van der Waals surface area (Å²) in [5.41, 5.74) is -0.528. The van der Waals surface area contributed by atoms with Crippen LogP contribution in [0, 0.1) is 0 Å². The zero-order valence-corrected chi connectivity index (χ0v) is 14.6. The lowest BCUT2D eigenvalue weighted by Crippen LogP contribution is -2.47. The van der Waals surface area contributed by atoms with Crippen molar-refractivity contribution in [2.45, 2.75) is 61.4 Å². The summed E-state index contributed by atoms with van der Waals surface area (Å²) in [6, 6.07) is 5.83. The number of hydrogen-bond donors (Lipinski definition) is 3. The normalized spacial score (nSPS) is 19.5. The Balaban J connectivity index is 1.78. The first-order valence-corrected chi connectivity index (χ1v) is 9.95. The van der Waals surface area contributed by atoms with Gasteiger partial charge in [0.05, 0.1) is 16.9 Å². The number of benzene rings is 1. The first-order valence-electron chi connectivity index (χ1n) is 8.46. The minimum atomic E-state index is -3.64. The highest BCUT2D eigenvalue weighted by molar-refractivity contribution is 7.89. The molecule has 0 atom stereocenters. The predicted molar refractivity (Wildman–Crippen MR) is 90.7 cm³/mol. The van der Waals surface area contributed by atoms with Crippen LogP contribution in [0.4, 0.5) is 0 Å². The molecule has 3 rings (SSSR count). The van der Waals surface area contributed by atoms with Crippen LogP contribution in [0.1, 0.15) is 55.3 Å². The van der Waals surface area contributed by atoms with Crippen molar-refractivity contribution >= 4 is 21.9 Å². The number of rotatable bonds is 7. The molecule has 8 heteroatoms. The number of carbonyl (C=O) groups is 2. The lowest BCUT2D eigenvalue weighted by atomic mass is 9.92. The van der Waals surface area contributed by atoms with Crippen LogP contribution in [0.2, 0.25) is 0 Å². The van der Waals surface area contributed by atoms with E-state index in [0.29, 0.717) is 12.8 Å². The topological polar surface area (TPSA) is 113 Å². The molecule has 1 amide bonds. The van der Waals surface area contributed by atoms with E-state index in [1.807, 2.05) is 0 Å². The third kappa shape index (κ3) is 4.38. The van der Waals surface area contributed by atoms with Gasteiger partial charge in [-0.1, -0.05) is 18.9 Å². The molecule has 0 radical (unpaired) electrons. The quantitative estimate of drug-likeness (QED) is 0.679. The van der Waals surface area contributed by atoms with Crippen molar-refractivity contribution in [3.8, 4) is 0 Å². The molecule has 0 spiro atoms. The average molecular weight is 366 g/mol. The molecule has 3 N–H and O–H groups in total. The first-order chi connectivity index (χ1) is 11.8. The second-order valence-electron chi connectivity index (χ2n) is 6.94. The average Bonchev–Trinajstić information content (AvgIpc) is 3.23. The van der Waals surface area contributed by atoms with Gasteiger partial charge in [0.25, 0.3) is 5.91 Å². The van der Waals surface area contributed by atoms with Gasteiger partial charge in [0.1, 0.15) is 0 Å². The van der Waals surface area contributed by atoms with Gasteiger partial charge < -0.3 is 10.4 Å². The smallest absolute Gasteiger partial charge is 0.305 e. The fourth-order valence-corrected chi connectivity index (χ4v) is 4.64. The lowest BCUT2D eigenvalue weighted by molar-refractivity contribution is -0.138. The summed E-state index contributed by atoms with van der Waals surface area (Å²) in [6.45, 7) is 0. The Kier molecular flexibility index (Phi) is 4.83. The zero-order valence-electron chi connectivity index (χ0n) is 13.8. The van der Waals surface area contributed by atoms with Crippen molar-refractivity contribution in [1.82, 2.24) is 10.0 Å². The number of aliphatic carboxylic acids is 1. The van der Waals surface area contributed by atoms with Gasteiger partial charge in [-0.05, 0) is 43.9 Å². The third-order valence-corrected chi connectivity index (χ3v) is 6.25. The SMILES string of the molecule is O=C(O)CC1(NC(=O)c2cccc(S(=O)(=O)NC3CC3)c2)CCCC1. The molecule has 25 heavy (non-hydrogen) atoms. The maximum Gasteiger partial charge on any atom is 0.305 e. The van der Waals surface area contributed by atoms with Crippen molar-refractivity contribution in [1.29, 1.82) is 0 Å². The molecule has 0 aromatic heterocycles. The second kappa shape index (κ2) is 6.76. The molecule has 2 aliphatic carbocycles. The summed E-state index contributed by atoms with van der Waals surface area (Å²) < 4.78 is 27.2. The molecule has 2 saturated carbocycles. The lowest BCUT2D eigenvalue weighted by Gasteiger charge is -2.28. The molecule has 2 aliphatic rings.